The van der Waals surface area contributed by atoms with Gasteiger partial charge in [0, 0.05) is 11.9 Å². The summed E-state index contributed by atoms with van der Waals surface area (Å²) in [6.07, 6.45) is 1.57. The quantitative estimate of drug-likeness (QED) is 0.677. The van der Waals surface area contributed by atoms with Crippen LogP contribution in [0.1, 0.15) is 21.5 Å². The van der Waals surface area contributed by atoms with E-state index >= 15 is 0 Å². The molecule has 1 aromatic carbocycles. The first-order valence-corrected chi connectivity index (χ1v) is 7.24. The van der Waals surface area contributed by atoms with E-state index in [0.29, 0.717) is 16.9 Å². The van der Waals surface area contributed by atoms with Crippen molar-refractivity contribution < 1.29 is 15.0 Å². The predicted octanol–water partition coefficient (Wildman–Crippen LogP) is 1.94. The fourth-order valence-electron chi connectivity index (χ4n) is 2.50. The molecule has 0 aliphatic heterocycles. The van der Waals surface area contributed by atoms with Crippen LogP contribution >= 0.6 is 0 Å². The topological polar surface area (TPSA) is 104 Å². The van der Waals surface area contributed by atoms with E-state index in [9.17, 15) is 19.8 Å². The third-order valence-corrected chi connectivity index (χ3v) is 3.80. The van der Waals surface area contributed by atoms with Crippen LogP contribution < -0.4 is 10.9 Å². The Balaban J connectivity index is 2.16. The lowest BCUT2D eigenvalue weighted by atomic mass is 10.1. The van der Waals surface area contributed by atoms with Crippen LogP contribution in [0.2, 0.25) is 0 Å². The number of nitrogens with zero attached hydrogens (tertiary/aromatic N) is 2. The van der Waals surface area contributed by atoms with Crippen LogP contribution in [-0.2, 0) is 6.61 Å². The van der Waals surface area contributed by atoms with Crippen LogP contribution in [0.4, 0.5) is 11.5 Å². The summed E-state index contributed by atoms with van der Waals surface area (Å²) in [6, 6.07) is 9.92. The lowest BCUT2D eigenvalue weighted by Crippen LogP contribution is -2.21. The number of pyridine rings is 1. The fourth-order valence-corrected chi connectivity index (χ4v) is 2.50. The average molecular weight is 325 g/mol. The van der Waals surface area contributed by atoms with E-state index in [2.05, 4.69) is 10.3 Å². The molecule has 0 amide bonds. The zero-order valence-electron chi connectivity index (χ0n) is 12.9. The van der Waals surface area contributed by atoms with Crippen molar-refractivity contribution in [1.82, 2.24) is 9.38 Å². The van der Waals surface area contributed by atoms with E-state index in [1.807, 2.05) is 0 Å². The van der Waals surface area contributed by atoms with Crippen LogP contribution in [0.25, 0.3) is 5.65 Å². The summed E-state index contributed by atoms with van der Waals surface area (Å²) < 4.78 is 1.34. The molecule has 0 saturated heterocycles. The van der Waals surface area contributed by atoms with Gasteiger partial charge in [-0.1, -0.05) is 12.1 Å². The third kappa shape index (κ3) is 2.61. The predicted molar refractivity (Wildman–Crippen MR) is 88.8 cm³/mol. The monoisotopic (exact) mass is 325 g/mol. The zero-order valence-corrected chi connectivity index (χ0v) is 12.9. The van der Waals surface area contributed by atoms with Crippen molar-refractivity contribution in [2.24, 2.45) is 0 Å². The Hall–Kier alpha value is -3.19. The molecule has 0 aliphatic rings. The standard InChI is InChI=1S/C17H15N3O4/c1-10-11(17(23)24)5-4-6-13(10)18-15-12(9-21)16(22)20-8-3-2-7-14(20)19-15/h2-8,18,21H,9H2,1H3,(H,23,24). The van der Waals surface area contributed by atoms with Gasteiger partial charge in [-0.25, -0.2) is 9.78 Å². The number of anilines is 2. The van der Waals surface area contributed by atoms with Gasteiger partial charge in [0.1, 0.15) is 11.5 Å². The Morgan fingerprint density at radius 1 is 1.25 bits per heavy atom. The lowest BCUT2D eigenvalue weighted by Gasteiger charge is -2.14. The molecule has 2 heterocycles. The summed E-state index contributed by atoms with van der Waals surface area (Å²) in [5.41, 5.74) is 1.34. The summed E-state index contributed by atoms with van der Waals surface area (Å²) in [6.45, 7) is 1.18. The molecule has 0 spiro atoms. The van der Waals surface area contributed by atoms with Crippen molar-refractivity contribution in [2.75, 3.05) is 5.32 Å². The van der Waals surface area contributed by atoms with Crippen molar-refractivity contribution in [1.29, 1.82) is 0 Å². The highest BCUT2D eigenvalue weighted by atomic mass is 16.4. The van der Waals surface area contributed by atoms with E-state index in [1.54, 1.807) is 43.5 Å². The Kier molecular flexibility index (Phi) is 4.01. The maximum Gasteiger partial charge on any atom is 0.336 e. The number of aromatic carboxylic acids is 1. The first-order chi connectivity index (χ1) is 11.5. The molecule has 122 valence electrons. The second-order valence-corrected chi connectivity index (χ2v) is 5.24. The van der Waals surface area contributed by atoms with Crippen LogP contribution in [0.5, 0.6) is 0 Å². The largest absolute Gasteiger partial charge is 0.478 e. The molecule has 0 unspecified atom stereocenters. The van der Waals surface area contributed by atoms with E-state index in [-0.39, 0.29) is 22.5 Å². The van der Waals surface area contributed by atoms with Crippen molar-refractivity contribution in [3.05, 3.63) is 69.6 Å². The van der Waals surface area contributed by atoms with Gasteiger partial charge in [-0.3, -0.25) is 9.20 Å². The number of aliphatic hydroxyl groups excluding tert-OH is 1. The molecule has 0 fully saturated rings. The minimum atomic E-state index is -1.04. The Morgan fingerprint density at radius 3 is 2.75 bits per heavy atom. The number of rotatable bonds is 4. The van der Waals surface area contributed by atoms with Crippen LogP contribution in [0.15, 0.2) is 47.4 Å². The van der Waals surface area contributed by atoms with Crippen molar-refractivity contribution in [3.8, 4) is 0 Å². The van der Waals surface area contributed by atoms with E-state index in [0.717, 1.165) is 0 Å². The highest BCUT2D eigenvalue weighted by molar-refractivity contribution is 5.91. The van der Waals surface area contributed by atoms with Crippen molar-refractivity contribution in [3.63, 3.8) is 0 Å². The summed E-state index contributed by atoms with van der Waals surface area (Å²) in [7, 11) is 0. The van der Waals surface area contributed by atoms with E-state index < -0.39 is 12.6 Å². The minimum absolute atomic E-state index is 0.110. The van der Waals surface area contributed by atoms with Gasteiger partial charge < -0.3 is 15.5 Å². The van der Waals surface area contributed by atoms with Gasteiger partial charge in [-0.05, 0) is 36.8 Å². The molecule has 3 rings (SSSR count). The Labute approximate surface area is 136 Å². The van der Waals surface area contributed by atoms with Gasteiger partial charge in [0.25, 0.3) is 5.56 Å². The Bertz CT molecular complexity index is 995. The summed E-state index contributed by atoms with van der Waals surface area (Å²) in [4.78, 5) is 28.1. The smallest absolute Gasteiger partial charge is 0.336 e. The molecule has 24 heavy (non-hydrogen) atoms. The number of carboxylic acid groups (broad SMARTS) is 1. The van der Waals surface area contributed by atoms with Gasteiger partial charge in [0.2, 0.25) is 0 Å². The number of benzene rings is 1. The number of fused-ring (bicyclic) bond motifs is 1. The molecule has 0 aliphatic carbocycles. The zero-order chi connectivity index (χ0) is 17.3. The van der Waals surface area contributed by atoms with Crippen LogP contribution in [0, 0.1) is 6.92 Å². The molecule has 0 bridgehead atoms. The molecule has 0 saturated carbocycles. The maximum atomic E-state index is 12.5. The van der Waals surface area contributed by atoms with Crippen LogP contribution in [0.3, 0.4) is 0 Å². The summed E-state index contributed by atoms with van der Waals surface area (Å²) in [5, 5.41) is 21.7. The SMILES string of the molecule is Cc1c(Nc2nc3ccccn3c(=O)c2CO)cccc1C(=O)O. The highest BCUT2D eigenvalue weighted by Crippen LogP contribution is 2.24. The Morgan fingerprint density at radius 2 is 2.04 bits per heavy atom. The van der Waals surface area contributed by atoms with Gasteiger partial charge in [0.05, 0.1) is 17.7 Å². The number of aromatic nitrogens is 2. The second kappa shape index (κ2) is 6.13. The highest BCUT2D eigenvalue weighted by Gasteiger charge is 2.15. The maximum absolute atomic E-state index is 12.5. The normalized spacial score (nSPS) is 10.8. The number of nitrogens with one attached hydrogen (secondary N) is 1. The fraction of sp³-hybridized carbons (Fsp3) is 0.118. The number of hydrogen-bond acceptors (Lipinski definition) is 5. The van der Waals surface area contributed by atoms with Crippen LogP contribution in [-0.4, -0.2) is 25.6 Å². The number of carboxylic acids is 1. The summed E-state index contributed by atoms with van der Waals surface area (Å²) >= 11 is 0. The van der Waals surface area contributed by atoms with Gasteiger partial charge in [0.15, 0.2) is 0 Å². The van der Waals surface area contributed by atoms with E-state index in [4.69, 9.17) is 0 Å². The molecule has 3 N–H and O–H groups in total. The number of hydrogen-bond donors (Lipinski definition) is 3. The molecular formula is C17H15N3O4. The van der Waals surface area contributed by atoms with Gasteiger partial charge in [-0.2, -0.15) is 0 Å². The second-order valence-electron chi connectivity index (χ2n) is 5.24. The molecule has 0 radical (unpaired) electrons. The molecular weight excluding hydrogens is 310 g/mol. The van der Waals surface area contributed by atoms with Crippen molar-refractivity contribution >= 4 is 23.1 Å². The molecule has 2 aromatic heterocycles. The minimum Gasteiger partial charge on any atom is -0.478 e. The third-order valence-electron chi connectivity index (χ3n) is 3.80. The molecule has 7 nitrogen and oxygen atoms in total. The molecule has 7 heteroatoms. The van der Waals surface area contributed by atoms with E-state index in [1.165, 1.54) is 10.5 Å². The first kappa shape index (κ1) is 15.7. The lowest BCUT2D eigenvalue weighted by molar-refractivity contribution is 0.0696. The van der Waals surface area contributed by atoms with Crippen molar-refractivity contribution in [2.45, 2.75) is 13.5 Å². The molecule has 3 aromatic rings. The number of aliphatic hydroxyl groups is 1. The van der Waals surface area contributed by atoms with Gasteiger partial charge in [-0.15, -0.1) is 0 Å². The first-order valence-electron chi connectivity index (χ1n) is 7.24. The number of carbonyl (C=O) groups is 1. The van der Waals surface area contributed by atoms with Gasteiger partial charge >= 0.3 is 5.97 Å². The average Bonchev–Trinajstić information content (AvgIpc) is 2.57. The summed E-state index contributed by atoms with van der Waals surface area (Å²) in [5.74, 6) is -0.829. The molecule has 0 atom stereocenters.